The van der Waals surface area contributed by atoms with Crippen LogP contribution in [0.3, 0.4) is 0 Å². The molecule has 1 saturated heterocycles. The van der Waals surface area contributed by atoms with Gasteiger partial charge in [0, 0.05) is 24.1 Å². The lowest BCUT2D eigenvalue weighted by Crippen LogP contribution is -2.73. The maximum Gasteiger partial charge on any atom is 0.407 e. The van der Waals surface area contributed by atoms with Gasteiger partial charge in [0.2, 0.25) is 0 Å². The van der Waals surface area contributed by atoms with Gasteiger partial charge in [-0.1, -0.05) is 26.8 Å². The average molecular weight is 248 g/mol. The van der Waals surface area contributed by atoms with Crippen molar-refractivity contribution in [3.63, 3.8) is 0 Å². The molecule has 1 amide bonds. The molecule has 1 aliphatic heterocycles. The summed E-state index contributed by atoms with van der Waals surface area (Å²) in [5.74, 6) is 0.449. The van der Waals surface area contributed by atoms with E-state index in [1.807, 2.05) is 12.1 Å². The maximum atomic E-state index is 11.2. The summed E-state index contributed by atoms with van der Waals surface area (Å²) in [5, 5.41) is 17.7. The zero-order chi connectivity index (χ0) is 13.6. The molecule has 0 aromatic rings. The fourth-order valence-corrected chi connectivity index (χ4v) is 3.95. The smallest absolute Gasteiger partial charge is 0.407 e. The summed E-state index contributed by atoms with van der Waals surface area (Å²) in [6.45, 7) is 6.97. The molecular formula is C14H20N2O2. The van der Waals surface area contributed by atoms with Crippen molar-refractivity contribution in [1.82, 2.24) is 4.90 Å². The van der Waals surface area contributed by atoms with Crippen LogP contribution in [0.5, 0.6) is 0 Å². The number of hydrogen-bond donors (Lipinski definition) is 1. The molecule has 18 heavy (non-hydrogen) atoms. The van der Waals surface area contributed by atoms with E-state index in [4.69, 9.17) is 5.26 Å². The molecule has 0 bridgehead atoms. The molecule has 0 radical (unpaired) electrons. The number of likely N-dealkylation sites (tertiary alicyclic amines) is 1. The summed E-state index contributed by atoms with van der Waals surface area (Å²) in [6, 6.07) is 2.12. The van der Waals surface area contributed by atoms with Crippen LogP contribution in [0, 0.1) is 28.1 Å². The summed E-state index contributed by atoms with van der Waals surface area (Å²) in [5.41, 5.74) is 0.127. The van der Waals surface area contributed by atoms with Gasteiger partial charge < -0.3 is 10.0 Å². The minimum atomic E-state index is -0.809. The first kappa shape index (κ1) is 12.9. The van der Waals surface area contributed by atoms with Crippen molar-refractivity contribution < 1.29 is 9.90 Å². The maximum absolute atomic E-state index is 11.2. The van der Waals surface area contributed by atoms with Crippen LogP contribution in [0.25, 0.3) is 0 Å². The first-order valence-corrected chi connectivity index (χ1v) is 6.36. The quantitative estimate of drug-likeness (QED) is 0.726. The molecule has 1 heterocycles. The van der Waals surface area contributed by atoms with E-state index in [9.17, 15) is 9.90 Å². The first-order valence-electron chi connectivity index (χ1n) is 6.36. The van der Waals surface area contributed by atoms with Crippen molar-refractivity contribution in [1.29, 1.82) is 5.26 Å². The Labute approximate surface area is 108 Å². The molecule has 1 aliphatic carbocycles. The molecule has 4 nitrogen and oxygen atoms in total. The van der Waals surface area contributed by atoms with Crippen molar-refractivity contribution >= 4 is 6.09 Å². The third kappa shape index (κ3) is 1.88. The fraction of sp³-hybridized carbons (Fsp3) is 0.714. The van der Waals surface area contributed by atoms with Crippen LogP contribution in [0.1, 0.15) is 33.6 Å². The summed E-state index contributed by atoms with van der Waals surface area (Å²) in [6.07, 6.45) is 4.70. The Balaban J connectivity index is 2.07. The Bertz CT molecular complexity index is 422. The highest BCUT2D eigenvalue weighted by atomic mass is 16.4. The van der Waals surface area contributed by atoms with E-state index < -0.39 is 6.09 Å². The minimum Gasteiger partial charge on any atom is -0.465 e. The van der Waals surface area contributed by atoms with Crippen LogP contribution in [-0.4, -0.2) is 28.7 Å². The van der Waals surface area contributed by atoms with Crippen LogP contribution in [0.2, 0.25) is 0 Å². The number of hydrogen-bond acceptors (Lipinski definition) is 2. The Morgan fingerprint density at radius 3 is 2.56 bits per heavy atom. The molecule has 0 aromatic carbocycles. The van der Waals surface area contributed by atoms with Crippen LogP contribution >= 0.6 is 0 Å². The number of carbonyl (C=O) groups is 1. The Morgan fingerprint density at radius 2 is 2.11 bits per heavy atom. The van der Waals surface area contributed by atoms with Gasteiger partial charge in [-0.15, -0.1) is 0 Å². The van der Waals surface area contributed by atoms with Crippen LogP contribution in [0.15, 0.2) is 12.2 Å². The predicted octanol–water partition coefficient (Wildman–Crippen LogP) is 2.87. The Morgan fingerprint density at radius 1 is 1.50 bits per heavy atom. The van der Waals surface area contributed by atoms with E-state index >= 15 is 0 Å². The lowest BCUT2D eigenvalue weighted by atomic mass is 9.49. The molecule has 1 unspecified atom stereocenters. The SMILES string of the molecule is CC(C)(C)C1N(C(=O)O)CC12CC(/C=C/C#N)C2. The molecule has 1 atom stereocenters. The van der Waals surface area contributed by atoms with Gasteiger partial charge in [0.25, 0.3) is 0 Å². The van der Waals surface area contributed by atoms with E-state index in [-0.39, 0.29) is 16.9 Å². The second-order valence-electron chi connectivity index (χ2n) is 6.70. The van der Waals surface area contributed by atoms with Crippen molar-refractivity contribution in [2.45, 2.75) is 39.7 Å². The van der Waals surface area contributed by atoms with Crippen molar-refractivity contribution in [3.05, 3.63) is 12.2 Å². The van der Waals surface area contributed by atoms with Crippen LogP contribution in [0.4, 0.5) is 4.79 Å². The number of nitrogens with zero attached hydrogens (tertiary/aromatic N) is 2. The zero-order valence-corrected chi connectivity index (χ0v) is 11.2. The number of amides is 1. The highest BCUT2D eigenvalue weighted by Gasteiger charge is 2.63. The van der Waals surface area contributed by atoms with Gasteiger partial charge in [0.1, 0.15) is 0 Å². The highest BCUT2D eigenvalue weighted by molar-refractivity contribution is 5.67. The van der Waals surface area contributed by atoms with Crippen molar-refractivity contribution in [2.75, 3.05) is 6.54 Å². The standard InChI is InChI=1S/C14H20N2O2/c1-13(2,3)11-14(9-16(11)12(17)18)7-10(8-14)5-4-6-15/h4-5,10-11H,7-9H2,1-3H3,(H,17,18)/b5-4+. The average Bonchev–Trinajstić information content (AvgIpc) is 2.10. The molecule has 1 spiro atoms. The number of nitriles is 1. The van der Waals surface area contributed by atoms with E-state index in [1.165, 1.54) is 6.08 Å². The number of allylic oxidation sites excluding steroid dienone is 2. The molecule has 2 rings (SSSR count). The molecule has 1 N–H and O–H groups in total. The molecule has 2 aliphatic rings. The normalized spacial score (nSPS) is 35.1. The van der Waals surface area contributed by atoms with E-state index in [0.717, 1.165) is 12.8 Å². The fourth-order valence-electron chi connectivity index (χ4n) is 3.95. The van der Waals surface area contributed by atoms with E-state index in [1.54, 1.807) is 4.90 Å². The second-order valence-corrected chi connectivity index (χ2v) is 6.70. The van der Waals surface area contributed by atoms with Gasteiger partial charge in [0.05, 0.1) is 6.07 Å². The lowest BCUT2D eigenvalue weighted by molar-refractivity contribution is -0.164. The van der Waals surface area contributed by atoms with Gasteiger partial charge in [-0.25, -0.2) is 4.79 Å². The topological polar surface area (TPSA) is 64.3 Å². The summed E-state index contributed by atoms with van der Waals surface area (Å²) in [4.78, 5) is 12.8. The molecule has 0 aromatic heterocycles. The van der Waals surface area contributed by atoms with Crippen molar-refractivity contribution in [3.8, 4) is 6.07 Å². The van der Waals surface area contributed by atoms with Gasteiger partial charge >= 0.3 is 6.09 Å². The van der Waals surface area contributed by atoms with Gasteiger partial charge in [0.15, 0.2) is 0 Å². The van der Waals surface area contributed by atoms with Gasteiger partial charge in [-0.05, 0) is 24.2 Å². The molecule has 98 valence electrons. The van der Waals surface area contributed by atoms with Crippen LogP contribution < -0.4 is 0 Å². The third-order valence-corrected chi connectivity index (χ3v) is 4.22. The lowest BCUT2D eigenvalue weighted by Gasteiger charge is -2.67. The molecule has 4 heteroatoms. The third-order valence-electron chi connectivity index (χ3n) is 4.22. The van der Waals surface area contributed by atoms with E-state index in [0.29, 0.717) is 12.5 Å². The highest BCUT2D eigenvalue weighted by Crippen LogP contribution is 2.60. The Hall–Kier alpha value is -1.50. The Kier molecular flexibility index (Phi) is 2.89. The molecule has 1 saturated carbocycles. The monoisotopic (exact) mass is 248 g/mol. The van der Waals surface area contributed by atoms with Crippen LogP contribution in [-0.2, 0) is 0 Å². The second kappa shape index (κ2) is 4.01. The summed E-state index contributed by atoms with van der Waals surface area (Å²) < 4.78 is 0. The predicted molar refractivity (Wildman–Crippen MR) is 67.9 cm³/mol. The largest absolute Gasteiger partial charge is 0.465 e. The van der Waals surface area contributed by atoms with Crippen molar-refractivity contribution in [2.24, 2.45) is 16.7 Å². The minimum absolute atomic E-state index is 0.0272. The first-order chi connectivity index (χ1) is 8.30. The zero-order valence-electron chi connectivity index (χ0n) is 11.2. The molecule has 2 fully saturated rings. The van der Waals surface area contributed by atoms with E-state index in [2.05, 4.69) is 20.8 Å². The van der Waals surface area contributed by atoms with Gasteiger partial charge in [-0.3, -0.25) is 0 Å². The number of rotatable bonds is 1. The summed E-state index contributed by atoms with van der Waals surface area (Å²) in [7, 11) is 0. The van der Waals surface area contributed by atoms with Gasteiger partial charge in [-0.2, -0.15) is 5.26 Å². The molecular weight excluding hydrogens is 228 g/mol. The number of carboxylic acid groups (broad SMARTS) is 1. The summed E-state index contributed by atoms with van der Waals surface area (Å²) >= 11 is 0.